The van der Waals surface area contributed by atoms with Gasteiger partial charge in [-0.1, -0.05) is 11.6 Å². The van der Waals surface area contributed by atoms with E-state index in [-0.39, 0.29) is 0 Å². The van der Waals surface area contributed by atoms with Crippen LogP contribution in [0.2, 0.25) is 5.15 Å². The van der Waals surface area contributed by atoms with Crippen molar-refractivity contribution in [3.05, 3.63) is 16.3 Å². The van der Waals surface area contributed by atoms with Gasteiger partial charge in [-0.05, 0) is 38.3 Å². The van der Waals surface area contributed by atoms with Crippen molar-refractivity contribution in [2.24, 2.45) is 5.92 Å². The zero-order chi connectivity index (χ0) is 12.4. The number of anilines is 1. The van der Waals surface area contributed by atoms with Gasteiger partial charge in [0.15, 0.2) is 11.0 Å². The predicted octanol–water partition coefficient (Wildman–Crippen LogP) is 2.58. The highest BCUT2D eigenvalue weighted by atomic mass is 35.5. The third-order valence-electron chi connectivity index (χ3n) is 3.50. The number of nitrogens with one attached hydrogen (secondary N) is 1. The molecule has 0 spiro atoms. The Morgan fingerprint density at radius 1 is 1.35 bits per heavy atom. The lowest BCUT2D eigenvalue weighted by molar-refractivity contribution is 0.183. The molecule has 0 aliphatic carbocycles. The van der Waals surface area contributed by atoms with Crippen molar-refractivity contribution in [1.82, 2.24) is 10.2 Å². The van der Waals surface area contributed by atoms with Gasteiger partial charge >= 0.3 is 0 Å². The van der Waals surface area contributed by atoms with Crippen molar-refractivity contribution in [2.45, 2.75) is 33.2 Å². The van der Waals surface area contributed by atoms with E-state index in [0.29, 0.717) is 17.1 Å². The van der Waals surface area contributed by atoms with Gasteiger partial charge in [0, 0.05) is 18.6 Å². The molecule has 0 bridgehead atoms. The number of aromatic nitrogens is 2. The summed E-state index contributed by atoms with van der Waals surface area (Å²) in [6.07, 6.45) is 1.10. The van der Waals surface area contributed by atoms with Crippen molar-refractivity contribution in [3.63, 3.8) is 0 Å². The van der Waals surface area contributed by atoms with Gasteiger partial charge < -0.3 is 10.1 Å². The summed E-state index contributed by atoms with van der Waals surface area (Å²) in [5, 5.41) is 11.9. The molecular formula is C12H18ClN3O. The smallest absolute Gasteiger partial charge is 0.155 e. The second-order valence-electron chi connectivity index (χ2n) is 4.65. The monoisotopic (exact) mass is 255 g/mol. The van der Waals surface area contributed by atoms with E-state index in [1.54, 1.807) is 0 Å². The number of nitrogens with zero attached hydrogens (tertiary/aromatic N) is 2. The van der Waals surface area contributed by atoms with Crippen molar-refractivity contribution in [1.29, 1.82) is 0 Å². The molecule has 4 nitrogen and oxygen atoms in total. The Morgan fingerprint density at radius 3 is 2.76 bits per heavy atom. The standard InChI is InChI=1S/C12H18ClN3O/c1-7-8(2)12(16-15-11(7)13)14-9(3)10-4-5-17-6-10/h9-10H,4-6H2,1-3H3,(H,14,16). The molecule has 2 rings (SSSR count). The predicted molar refractivity (Wildman–Crippen MR) is 68.5 cm³/mol. The largest absolute Gasteiger partial charge is 0.381 e. The first-order chi connectivity index (χ1) is 8.09. The number of hydrogen-bond acceptors (Lipinski definition) is 4. The van der Waals surface area contributed by atoms with E-state index in [1.807, 2.05) is 13.8 Å². The van der Waals surface area contributed by atoms with Crippen LogP contribution in [0.3, 0.4) is 0 Å². The molecule has 2 unspecified atom stereocenters. The molecule has 1 aliphatic rings. The average Bonchev–Trinajstić information content (AvgIpc) is 2.83. The second-order valence-corrected chi connectivity index (χ2v) is 5.00. The molecule has 2 heterocycles. The maximum Gasteiger partial charge on any atom is 0.155 e. The summed E-state index contributed by atoms with van der Waals surface area (Å²) in [7, 11) is 0. The van der Waals surface area contributed by atoms with Crippen molar-refractivity contribution < 1.29 is 4.74 Å². The normalized spacial score (nSPS) is 21.5. The molecule has 0 saturated carbocycles. The van der Waals surface area contributed by atoms with Crippen LogP contribution in [-0.2, 0) is 4.74 Å². The number of ether oxygens (including phenoxy) is 1. The van der Waals surface area contributed by atoms with Crippen LogP contribution in [0.15, 0.2) is 0 Å². The highest BCUT2D eigenvalue weighted by Crippen LogP contribution is 2.24. The summed E-state index contributed by atoms with van der Waals surface area (Å²) in [5.41, 5.74) is 2.05. The SMILES string of the molecule is Cc1c(Cl)nnc(NC(C)C2CCOC2)c1C. The molecular weight excluding hydrogens is 238 g/mol. The number of hydrogen-bond donors (Lipinski definition) is 1. The first kappa shape index (κ1) is 12.6. The van der Waals surface area contributed by atoms with Gasteiger partial charge in [-0.15, -0.1) is 10.2 Å². The van der Waals surface area contributed by atoms with Gasteiger partial charge in [-0.25, -0.2) is 0 Å². The second kappa shape index (κ2) is 5.19. The Morgan fingerprint density at radius 2 is 2.12 bits per heavy atom. The summed E-state index contributed by atoms with van der Waals surface area (Å²) in [4.78, 5) is 0. The van der Waals surface area contributed by atoms with Gasteiger partial charge in [-0.2, -0.15) is 0 Å². The molecule has 1 saturated heterocycles. The third-order valence-corrected chi connectivity index (χ3v) is 3.86. The van der Waals surface area contributed by atoms with Crippen LogP contribution < -0.4 is 5.32 Å². The molecule has 17 heavy (non-hydrogen) atoms. The Labute approximate surface area is 107 Å². The molecule has 1 fully saturated rings. The van der Waals surface area contributed by atoms with E-state index in [2.05, 4.69) is 22.4 Å². The Bertz CT molecular complexity index is 405. The van der Waals surface area contributed by atoms with E-state index >= 15 is 0 Å². The van der Waals surface area contributed by atoms with E-state index in [9.17, 15) is 0 Å². The van der Waals surface area contributed by atoms with Crippen molar-refractivity contribution in [2.75, 3.05) is 18.5 Å². The minimum atomic E-state index is 0.339. The first-order valence-corrected chi connectivity index (χ1v) is 6.31. The summed E-state index contributed by atoms with van der Waals surface area (Å²) in [6, 6.07) is 0.339. The fourth-order valence-corrected chi connectivity index (χ4v) is 2.17. The molecule has 2 atom stereocenters. The van der Waals surface area contributed by atoms with E-state index in [4.69, 9.17) is 16.3 Å². The van der Waals surface area contributed by atoms with E-state index < -0.39 is 0 Å². The zero-order valence-electron chi connectivity index (χ0n) is 10.5. The molecule has 94 valence electrons. The number of rotatable bonds is 3. The molecule has 1 N–H and O–H groups in total. The lowest BCUT2D eigenvalue weighted by Gasteiger charge is -2.21. The first-order valence-electron chi connectivity index (χ1n) is 5.93. The van der Waals surface area contributed by atoms with Crippen LogP contribution in [-0.4, -0.2) is 29.5 Å². The Kier molecular flexibility index (Phi) is 3.84. The van der Waals surface area contributed by atoms with Crippen LogP contribution in [0.4, 0.5) is 5.82 Å². The molecule has 0 radical (unpaired) electrons. The lowest BCUT2D eigenvalue weighted by Crippen LogP contribution is -2.27. The minimum Gasteiger partial charge on any atom is -0.381 e. The molecule has 0 amide bonds. The van der Waals surface area contributed by atoms with Gasteiger partial charge in [0.1, 0.15) is 0 Å². The van der Waals surface area contributed by atoms with E-state index in [0.717, 1.165) is 36.6 Å². The Balaban J connectivity index is 2.10. The van der Waals surface area contributed by atoms with Gasteiger partial charge in [0.2, 0.25) is 0 Å². The molecule has 5 heteroatoms. The zero-order valence-corrected chi connectivity index (χ0v) is 11.2. The summed E-state index contributed by atoms with van der Waals surface area (Å²) in [6.45, 7) is 7.82. The van der Waals surface area contributed by atoms with Crippen LogP contribution in [0.25, 0.3) is 0 Å². The van der Waals surface area contributed by atoms with Crippen molar-refractivity contribution in [3.8, 4) is 0 Å². The summed E-state index contributed by atoms with van der Waals surface area (Å²) in [5.74, 6) is 1.37. The fraction of sp³-hybridized carbons (Fsp3) is 0.667. The van der Waals surface area contributed by atoms with Crippen LogP contribution >= 0.6 is 11.6 Å². The summed E-state index contributed by atoms with van der Waals surface area (Å²) < 4.78 is 5.39. The molecule has 0 aromatic carbocycles. The third kappa shape index (κ3) is 2.69. The summed E-state index contributed by atoms with van der Waals surface area (Å²) >= 11 is 5.93. The molecule has 1 aromatic rings. The lowest BCUT2D eigenvalue weighted by atomic mass is 10.0. The molecule has 1 aliphatic heterocycles. The van der Waals surface area contributed by atoms with Gasteiger partial charge in [0.05, 0.1) is 6.61 Å². The minimum absolute atomic E-state index is 0.339. The van der Waals surface area contributed by atoms with Gasteiger partial charge in [-0.3, -0.25) is 0 Å². The van der Waals surface area contributed by atoms with Gasteiger partial charge in [0.25, 0.3) is 0 Å². The molecule has 1 aromatic heterocycles. The number of halogens is 1. The highest BCUT2D eigenvalue weighted by Gasteiger charge is 2.23. The maximum absolute atomic E-state index is 5.93. The quantitative estimate of drug-likeness (QED) is 0.902. The van der Waals surface area contributed by atoms with Crippen LogP contribution in [0.1, 0.15) is 24.5 Å². The van der Waals surface area contributed by atoms with E-state index in [1.165, 1.54) is 0 Å². The van der Waals surface area contributed by atoms with Crippen LogP contribution in [0, 0.1) is 19.8 Å². The van der Waals surface area contributed by atoms with Crippen molar-refractivity contribution >= 4 is 17.4 Å². The van der Waals surface area contributed by atoms with Crippen LogP contribution in [0.5, 0.6) is 0 Å². The maximum atomic E-state index is 5.93. The average molecular weight is 256 g/mol. The highest BCUT2D eigenvalue weighted by molar-refractivity contribution is 6.30. The fourth-order valence-electron chi connectivity index (χ4n) is 1.99. The topological polar surface area (TPSA) is 47.0 Å². The Hall–Kier alpha value is -0.870.